The maximum atomic E-state index is 12.0. The minimum absolute atomic E-state index is 0.0468. The van der Waals surface area contributed by atoms with Gasteiger partial charge in [-0.1, -0.05) is 0 Å². The third-order valence-corrected chi connectivity index (χ3v) is 3.99. The van der Waals surface area contributed by atoms with Crippen molar-refractivity contribution in [2.45, 2.75) is 17.9 Å². The second-order valence-corrected chi connectivity index (χ2v) is 6.01. The van der Waals surface area contributed by atoms with Gasteiger partial charge in [-0.3, -0.25) is 4.79 Å². The number of aromatic hydroxyl groups is 1. The van der Waals surface area contributed by atoms with E-state index in [9.17, 15) is 18.3 Å². The summed E-state index contributed by atoms with van der Waals surface area (Å²) in [6, 6.07) is 2.63. The lowest BCUT2D eigenvalue weighted by atomic mass is 10.3. The predicted octanol–water partition coefficient (Wildman–Crippen LogP) is -0.271. The number of hydrogen-bond donors (Lipinski definition) is 3. The molecule has 19 heavy (non-hydrogen) atoms. The fraction of sp³-hybridized carbons (Fsp3) is 0.364. The van der Waals surface area contributed by atoms with E-state index in [-0.39, 0.29) is 22.2 Å². The second kappa shape index (κ2) is 5.45. The fourth-order valence-corrected chi connectivity index (χ4v) is 2.67. The molecule has 0 heterocycles. The summed E-state index contributed by atoms with van der Waals surface area (Å²) in [6.07, 6.45) is 0. The number of sulfonamides is 1. The maximum Gasteiger partial charge on any atom is 0.241 e. The molecule has 0 aromatic heterocycles. The summed E-state index contributed by atoms with van der Waals surface area (Å²) < 4.78 is 26.3. The van der Waals surface area contributed by atoms with E-state index in [0.29, 0.717) is 0 Å². The van der Waals surface area contributed by atoms with Crippen molar-refractivity contribution in [3.05, 3.63) is 18.2 Å². The van der Waals surface area contributed by atoms with Crippen LogP contribution in [0.25, 0.3) is 0 Å². The molecule has 0 aliphatic rings. The van der Waals surface area contributed by atoms with Crippen molar-refractivity contribution in [1.82, 2.24) is 9.62 Å². The van der Waals surface area contributed by atoms with Crippen LogP contribution < -0.4 is 10.5 Å². The Bertz CT molecular complexity index is 584. The van der Waals surface area contributed by atoms with Gasteiger partial charge in [0.05, 0.1) is 16.6 Å². The number of amides is 1. The van der Waals surface area contributed by atoms with Crippen LogP contribution in [0.4, 0.5) is 5.69 Å². The zero-order chi connectivity index (χ0) is 14.8. The number of hydrogen-bond acceptors (Lipinski definition) is 5. The fourth-order valence-electron chi connectivity index (χ4n) is 1.44. The first kappa shape index (κ1) is 15.3. The van der Waals surface area contributed by atoms with Crippen LogP contribution in [0.1, 0.15) is 6.92 Å². The number of carbonyl (C=O) groups is 1. The number of phenols is 1. The van der Waals surface area contributed by atoms with Crippen molar-refractivity contribution in [2.75, 3.05) is 19.8 Å². The molecule has 4 N–H and O–H groups in total. The summed E-state index contributed by atoms with van der Waals surface area (Å²) in [7, 11) is -0.799. The smallest absolute Gasteiger partial charge is 0.241 e. The highest BCUT2D eigenvalue weighted by atomic mass is 32.2. The molecule has 0 saturated carbocycles. The summed E-state index contributed by atoms with van der Waals surface area (Å²) in [5, 5.41) is 9.25. The predicted molar refractivity (Wildman–Crippen MR) is 71.0 cm³/mol. The highest BCUT2D eigenvalue weighted by molar-refractivity contribution is 7.89. The first-order valence-corrected chi connectivity index (χ1v) is 6.95. The number of nitrogens with two attached hydrogens (primary N) is 1. The quantitative estimate of drug-likeness (QED) is 0.521. The maximum absolute atomic E-state index is 12.0. The van der Waals surface area contributed by atoms with E-state index in [4.69, 9.17) is 5.73 Å². The summed E-state index contributed by atoms with van der Waals surface area (Å²) in [4.78, 5) is 12.8. The Morgan fingerprint density at radius 2 is 2.00 bits per heavy atom. The highest BCUT2D eigenvalue weighted by Crippen LogP contribution is 2.23. The van der Waals surface area contributed by atoms with Gasteiger partial charge in [-0.15, -0.1) is 0 Å². The SMILES string of the molecule is CC(NS(=O)(=O)c1ccc(O)c(N)c1)C(=O)N(C)C. The van der Waals surface area contributed by atoms with Crippen LogP contribution in [-0.4, -0.2) is 44.5 Å². The van der Waals surface area contributed by atoms with E-state index in [1.54, 1.807) is 0 Å². The number of nitrogens with zero attached hydrogens (tertiary/aromatic N) is 1. The lowest BCUT2D eigenvalue weighted by Gasteiger charge is -2.18. The summed E-state index contributed by atoms with van der Waals surface area (Å²) in [6.45, 7) is 1.45. The first-order chi connectivity index (χ1) is 8.65. The molecule has 0 spiro atoms. The van der Waals surface area contributed by atoms with E-state index in [0.717, 1.165) is 6.07 Å². The second-order valence-electron chi connectivity index (χ2n) is 4.30. The molecule has 0 saturated heterocycles. The number of likely N-dealkylation sites (N-methyl/N-ethyl adjacent to an activating group) is 1. The standard InChI is InChI=1S/C11H17N3O4S/c1-7(11(16)14(2)3)13-19(17,18)8-4-5-10(15)9(12)6-8/h4-7,13,15H,12H2,1-3H3. The zero-order valence-corrected chi connectivity index (χ0v) is 11.7. The Morgan fingerprint density at radius 1 is 1.42 bits per heavy atom. The average Bonchev–Trinajstić information content (AvgIpc) is 2.30. The normalized spacial score (nSPS) is 13.0. The molecule has 0 radical (unpaired) electrons. The molecule has 106 valence electrons. The molecule has 8 heteroatoms. The number of phenolic OH excluding ortho intramolecular Hbond substituents is 1. The number of anilines is 1. The van der Waals surface area contributed by atoms with Crippen LogP contribution in [0.5, 0.6) is 5.75 Å². The Morgan fingerprint density at radius 3 is 2.47 bits per heavy atom. The monoisotopic (exact) mass is 287 g/mol. The molecular weight excluding hydrogens is 270 g/mol. The van der Waals surface area contributed by atoms with Crippen LogP contribution in [0.2, 0.25) is 0 Å². The molecule has 0 fully saturated rings. The van der Waals surface area contributed by atoms with Gasteiger partial charge >= 0.3 is 0 Å². The molecule has 1 aromatic carbocycles. The van der Waals surface area contributed by atoms with Crippen molar-refractivity contribution in [2.24, 2.45) is 0 Å². The average molecular weight is 287 g/mol. The summed E-state index contributed by atoms with van der Waals surface area (Å²) in [5.74, 6) is -0.563. The number of rotatable bonds is 4. The van der Waals surface area contributed by atoms with Gasteiger partial charge in [0.2, 0.25) is 15.9 Å². The number of nitrogens with one attached hydrogen (secondary N) is 1. The van der Waals surface area contributed by atoms with Gasteiger partial charge in [0.1, 0.15) is 5.75 Å². The van der Waals surface area contributed by atoms with Gasteiger partial charge in [0.25, 0.3) is 0 Å². The van der Waals surface area contributed by atoms with Crippen LogP contribution in [0, 0.1) is 0 Å². The van der Waals surface area contributed by atoms with Crippen molar-refractivity contribution < 1.29 is 18.3 Å². The Labute approximate surface area is 112 Å². The summed E-state index contributed by atoms with van der Waals surface area (Å²) >= 11 is 0. The summed E-state index contributed by atoms with van der Waals surface area (Å²) in [5.41, 5.74) is 5.39. The van der Waals surface area contributed by atoms with E-state index in [2.05, 4.69) is 4.72 Å². The molecule has 1 aromatic rings. The van der Waals surface area contributed by atoms with E-state index in [1.807, 2.05) is 0 Å². The minimum atomic E-state index is -3.87. The third kappa shape index (κ3) is 3.58. The molecule has 1 atom stereocenters. The lowest BCUT2D eigenvalue weighted by molar-refractivity contribution is -0.130. The van der Waals surface area contributed by atoms with Gasteiger partial charge < -0.3 is 15.7 Å². The first-order valence-electron chi connectivity index (χ1n) is 5.47. The molecular formula is C11H17N3O4S. The third-order valence-electron chi connectivity index (χ3n) is 2.45. The van der Waals surface area contributed by atoms with Crippen molar-refractivity contribution in [3.8, 4) is 5.75 Å². The van der Waals surface area contributed by atoms with E-state index in [1.165, 1.54) is 38.1 Å². The molecule has 1 unspecified atom stereocenters. The van der Waals surface area contributed by atoms with Gasteiger partial charge in [-0.25, -0.2) is 8.42 Å². The Hall–Kier alpha value is -1.80. The lowest BCUT2D eigenvalue weighted by Crippen LogP contribution is -2.44. The van der Waals surface area contributed by atoms with Crippen molar-refractivity contribution in [1.29, 1.82) is 0 Å². The zero-order valence-electron chi connectivity index (χ0n) is 10.9. The van der Waals surface area contributed by atoms with E-state index >= 15 is 0 Å². The Kier molecular flexibility index (Phi) is 4.38. The number of carbonyl (C=O) groups excluding carboxylic acids is 1. The van der Waals surface area contributed by atoms with E-state index < -0.39 is 16.1 Å². The van der Waals surface area contributed by atoms with Gasteiger partial charge in [-0.2, -0.15) is 4.72 Å². The van der Waals surface area contributed by atoms with Gasteiger partial charge in [-0.05, 0) is 25.1 Å². The number of nitrogen functional groups attached to an aromatic ring is 1. The minimum Gasteiger partial charge on any atom is -0.506 e. The van der Waals surface area contributed by atoms with Crippen LogP contribution in [-0.2, 0) is 14.8 Å². The van der Waals surface area contributed by atoms with Crippen molar-refractivity contribution >= 4 is 21.6 Å². The van der Waals surface area contributed by atoms with Gasteiger partial charge in [0, 0.05) is 14.1 Å². The topological polar surface area (TPSA) is 113 Å². The Balaban J connectivity index is 2.99. The molecule has 0 aliphatic carbocycles. The largest absolute Gasteiger partial charge is 0.506 e. The highest BCUT2D eigenvalue weighted by Gasteiger charge is 2.23. The van der Waals surface area contributed by atoms with Crippen LogP contribution in [0.3, 0.4) is 0 Å². The van der Waals surface area contributed by atoms with Crippen LogP contribution in [0.15, 0.2) is 23.1 Å². The molecule has 1 rings (SSSR count). The van der Waals surface area contributed by atoms with Crippen LogP contribution >= 0.6 is 0 Å². The number of benzene rings is 1. The molecule has 0 bridgehead atoms. The van der Waals surface area contributed by atoms with Crippen molar-refractivity contribution in [3.63, 3.8) is 0 Å². The van der Waals surface area contributed by atoms with Gasteiger partial charge in [0.15, 0.2) is 0 Å². The molecule has 1 amide bonds. The molecule has 0 aliphatic heterocycles. The molecule has 7 nitrogen and oxygen atoms in total.